The van der Waals surface area contributed by atoms with Crippen molar-refractivity contribution in [2.75, 3.05) is 33.0 Å². The fraction of sp³-hybridized carbons (Fsp3) is 0.839. The number of phosphoric ester groups is 1. The molecule has 3 aliphatic heterocycles. The zero-order valence-corrected chi connectivity index (χ0v) is 53.5. The van der Waals surface area contributed by atoms with Crippen LogP contribution in [0.4, 0.5) is 0 Å². The lowest BCUT2D eigenvalue weighted by molar-refractivity contribution is -0.364. The summed E-state index contributed by atoms with van der Waals surface area (Å²) in [5.41, 5.74) is 0. The Bertz CT molecular complexity index is 2150. The van der Waals surface area contributed by atoms with Crippen LogP contribution >= 0.6 is 7.82 Å². The van der Waals surface area contributed by atoms with E-state index < -0.39 is 188 Å². The van der Waals surface area contributed by atoms with E-state index in [9.17, 15) is 90.5 Å². The van der Waals surface area contributed by atoms with Crippen molar-refractivity contribution in [3.05, 3.63) is 48.6 Å². The molecule has 4 rings (SSSR count). The molecule has 528 valence electrons. The molecule has 28 nitrogen and oxygen atoms in total. The molecule has 3 saturated heterocycles. The highest BCUT2D eigenvalue weighted by atomic mass is 31.2. The molecule has 0 amide bonds. The maximum Gasteiger partial charge on any atom is 0.472 e. The molecular weight excluding hydrogens is 1220 g/mol. The molecule has 3 heterocycles. The normalized spacial score (nSPS) is 34.3. The maximum absolute atomic E-state index is 14.3. The van der Waals surface area contributed by atoms with Gasteiger partial charge in [0.1, 0.15) is 116 Å². The van der Waals surface area contributed by atoms with E-state index in [4.69, 9.17) is 46.9 Å². The summed E-state index contributed by atoms with van der Waals surface area (Å²) < 4.78 is 69.8. The van der Waals surface area contributed by atoms with Gasteiger partial charge in [-0.25, -0.2) is 4.57 Å². The van der Waals surface area contributed by atoms with Crippen LogP contribution in [0.25, 0.3) is 0 Å². The number of ether oxygens (including phenoxy) is 8. The molecule has 0 radical (unpaired) electrons. The number of hydrogen-bond acceptors (Lipinski definition) is 27. The van der Waals surface area contributed by atoms with Crippen LogP contribution < -0.4 is 0 Å². The van der Waals surface area contributed by atoms with Crippen molar-refractivity contribution in [2.45, 2.75) is 296 Å². The van der Waals surface area contributed by atoms with E-state index in [-0.39, 0.29) is 12.8 Å². The minimum Gasteiger partial charge on any atom is -0.462 e. The predicted octanol–water partition coefficient (Wildman–Crippen LogP) is 1.47. The Kier molecular flexibility index (Phi) is 39.1. The molecule has 23 atom stereocenters. The topological polar surface area (TPSA) is 447 Å². The zero-order valence-electron chi connectivity index (χ0n) is 52.6. The zero-order chi connectivity index (χ0) is 66.9. The van der Waals surface area contributed by atoms with Crippen LogP contribution in [-0.2, 0) is 61.1 Å². The molecule has 0 bridgehead atoms. The number of esters is 2. The van der Waals surface area contributed by atoms with Gasteiger partial charge in [0.05, 0.1) is 26.4 Å². The number of phosphoric acid groups is 1. The average Bonchev–Trinajstić information content (AvgIpc) is 1.05. The summed E-state index contributed by atoms with van der Waals surface area (Å²) in [4.78, 5) is 37.9. The van der Waals surface area contributed by atoms with E-state index in [0.29, 0.717) is 19.3 Å². The third-order valence-electron chi connectivity index (χ3n) is 16.2. The van der Waals surface area contributed by atoms with Gasteiger partial charge in [-0.05, 0) is 70.6 Å². The van der Waals surface area contributed by atoms with Crippen LogP contribution in [0.3, 0.4) is 0 Å². The van der Waals surface area contributed by atoms with E-state index in [0.717, 1.165) is 89.9 Å². The van der Waals surface area contributed by atoms with Gasteiger partial charge in [0, 0.05) is 12.8 Å². The molecule has 1 aliphatic carbocycles. The van der Waals surface area contributed by atoms with Gasteiger partial charge in [-0.15, -0.1) is 0 Å². The summed E-state index contributed by atoms with van der Waals surface area (Å²) in [6.07, 6.45) is -8.92. The molecule has 4 fully saturated rings. The first-order chi connectivity index (χ1) is 43.6. The first-order valence-electron chi connectivity index (χ1n) is 32.5. The average molecular weight is 1330 g/mol. The number of unbranched alkanes of at least 4 members (excludes halogenated alkanes) is 15. The van der Waals surface area contributed by atoms with E-state index >= 15 is 0 Å². The molecule has 10 unspecified atom stereocenters. The lowest BCUT2D eigenvalue weighted by Crippen LogP contribution is -2.69. The van der Waals surface area contributed by atoms with Crippen LogP contribution in [0.1, 0.15) is 162 Å². The Labute approximate surface area is 533 Å². The fourth-order valence-electron chi connectivity index (χ4n) is 10.6. The molecule has 0 aromatic rings. The molecular formula is C62H107O28P. The van der Waals surface area contributed by atoms with Gasteiger partial charge >= 0.3 is 19.8 Å². The number of hydrogen-bond donors (Lipinski definition) is 15. The summed E-state index contributed by atoms with van der Waals surface area (Å²) in [5, 5.41) is 150. The summed E-state index contributed by atoms with van der Waals surface area (Å²) in [7, 11) is -5.76. The van der Waals surface area contributed by atoms with Gasteiger partial charge in [-0.1, -0.05) is 127 Å². The van der Waals surface area contributed by atoms with Gasteiger partial charge < -0.3 is 114 Å². The highest BCUT2D eigenvalue weighted by Gasteiger charge is 2.58. The Morgan fingerprint density at radius 3 is 1.33 bits per heavy atom. The van der Waals surface area contributed by atoms with Gasteiger partial charge in [-0.2, -0.15) is 0 Å². The minimum absolute atomic E-state index is 0.00354. The summed E-state index contributed by atoms with van der Waals surface area (Å²) >= 11 is 0. The van der Waals surface area contributed by atoms with Crippen molar-refractivity contribution in [1.82, 2.24) is 0 Å². The number of allylic oxidation sites excluding steroid dienone is 8. The van der Waals surface area contributed by atoms with Crippen LogP contribution in [0.5, 0.6) is 0 Å². The maximum atomic E-state index is 14.3. The minimum atomic E-state index is -5.76. The monoisotopic (exact) mass is 1330 g/mol. The molecule has 0 spiro atoms. The van der Waals surface area contributed by atoms with Crippen molar-refractivity contribution in [3.8, 4) is 0 Å². The third-order valence-corrected chi connectivity index (χ3v) is 17.2. The third kappa shape index (κ3) is 27.7. The molecule has 4 aliphatic rings. The summed E-state index contributed by atoms with van der Waals surface area (Å²) in [6.45, 7) is -0.0730. The summed E-state index contributed by atoms with van der Waals surface area (Å²) in [6, 6.07) is 0. The molecule has 91 heavy (non-hydrogen) atoms. The highest BCUT2D eigenvalue weighted by molar-refractivity contribution is 7.47. The van der Waals surface area contributed by atoms with Crippen LogP contribution in [0.2, 0.25) is 0 Å². The first-order valence-corrected chi connectivity index (χ1v) is 34.0. The van der Waals surface area contributed by atoms with E-state index in [2.05, 4.69) is 62.5 Å². The molecule has 0 aromatic carbocycles. The SMILES string of the molecule is CCC/C=C\C/C=C\CCCCCCCC(=O)O[C@H](COC(=O)CCCCCCC/C=C\C/C=C\CCCCCC)COP(=O)(O)O[C@@H]1C(O[C@@H]2OC(CO[C@@H]3OC(CO)[C@H](O)C(O)[C@@H]3O)[C@H](O)C(O)[C@@H]2O)C(O)[C@@H](O)C(O)[C@H]1O[C@H]1OC(CO)[C@@H](O)C(O)[C@H]1O. The van der Waals surface area contributed by atoms with Crippen LogP contribution in [0.15, 0.2) is 48.6 Å². The fourth-order valence-corrected chi connectivity index (χ4v) is 11.6. The lowest BCUT2D eigenvalue weighted by atomic mass is 9.84. The second-order valence-electron chi connectivity index (χ2n) is 23.7. The number of aliphatic hydroxyl groups excluding tert-OH is 14. The number of aliphatic hydroxyl groups is 14. The first kappa shape index (κ1) is 80.6. The van der Waals surface area contributed by atoms with Crippen LogP contribution in [0, 0.1) is 0 Å². The van der Waals surface area contributed by atoms with E-state index in [1.807, 2.05) is 0 Å². The smallest absolute Gasteiger partial charge is 0.462 e. The standard InChI is InChI=1S/C62H107O28P/c1-3-5-7-9-11-13-15-17-18-19-21-22-24-26-28-30-32-43(65)81-36-39(84-44(66)33-31-29-27-25-23-20-16-14-12-10-8-6-4-2)37-83-91(79,80)90-59-57(88-61-55(77)49(71)46(68)41(35-64)86-61)52(74)51(73)53(75)58(59)89-62-56(78)50(72)47(69)42(87-62)38-82-60-54(76)48(70)45(67)40(34-63)85-60/h8,10,13-16,18-19,39-42,45-64,67-78H,3-7,9,11-12,17,20-38H2,1-2H3,(H,79,80)/b10-8-,15-13-,16-14-,19-18-/t39-,40?,41?,42?,45+,46-,47+,48?,49?,50?,51+,52?,53?,54+,55-,56+,57-,58?,59+,60-,61-,62+/m1/s1. The highest BCUT2D eigenvalue weighted by Crippen LogP contribution is 2.49. The molecule has 0 aromatic heterocycles. The predicted molar refractivity (Wildman–Crippen MR) is 324 cm³/mol. The molecule has 15 N–H and O–H groups in total. The van der Waals surface area contributed by atoms with E-state index in [1.54, 1.807) is 0 Å². The molecule has 1 saturated carbocycles. The second kappa shape index (κ2) is 44.1. The number of rotatable bonds is 44. The largest absolute Gasteiger partial charge is 0.472 e. The van der Waals surface area contributed by atoms with Crippen molar-refractivity contribution in [3.63, 3.8) is 0 Å². The van der Waals surface area contributed by atoms with Crippen molar-refractivity contribution in [1.29, 1.82) is 0 Å². The summed E-state index contributed by atoms with van der Waals surface area (Å²) in [5.74, 6) is -1.44. The van der Waals surface area contributed by atoms with Crippen molar-refractivity contribution >= 4 is 19.8 Å². The Morgan fingerprint density at radius 1 is 0.440 bits per heavy atom. The number of carbonyl (C=O) groups excluding carboxylic acids is 2. The Morgan fingerprint density at radius 2 is 0.846 bits per heavy atom. The lowest BCUT2D eigenvalue weighted by Gasteiger charge is -2.49. The van der Waals surface area contributed by atoms with Gasteiger partial charge in [0.25, 0.3) is 0 Å². The Hall–Kier alpha value is -2.79. The van der Waals surface area contributed by atoms with Gasteiger partial charge in [0.2, 0.25) is 0 Å². The van der Waals surface area contributed by atoms with Crippen LogP contribution in [-0.4, -0.2) is 256 Å². The molecule has 29 heteroatoms. The van der Waals surface area contributed by atoms with Crippen molar-refractivity contribution in [2.24, 2.45) is 0 Å². The van der Waals surface area contributed by atoms with Gasteiger partial charge in [-0.3, -0.25) is 18.6 Å². The number of carbonyl (C=O) groups is 2. The Balaban J connectivity index is 1.49. The van der Waals surface area contributed by atoms with Crippen molar-refractivity contribution < 1.29 is 137 Å². The quantitative estimate of drug-likeness (QED) is 0.0178. The van der Waals surface area contributed by atoms with Gasteiger partial charge in [0.15, 0.2) is 25.0 Å². The second-order valence-corrected chi connectivity index (χ2v) is 25.1. The van der Waals surface area contributed by atoms with E-state index in [1.165, 1.54) is 25.7 Å².